The molecule has 0 atom stereocenters. The van der Waals surface area contributed by atoms with Gasteiger partial charge in [0.05, 0.1) is 16.8 Å². The molecule has 0 bridgehead atoms. The number of benzene rings is 1. The third kappa shape index (κ3) is 3.56. The normalized spacial score (nSPS) is 11.2. The SMILES string of the molecule is Cc1nc(-c2cc(C(=O)NCc3ccc(F)c(F)c3)c3ccccn23)cn1-c1nccs1. The summed E-state index contributed by atoms with van der Waals surface area (Å²) < 4.78 is 30.4. The first-order valence-corrected chi connectivity index (χ1v) is 10.7. The molecule has 9 heteroatoms. The summed E-state index contributed by atoms with van der Waals surface area (Å²) in [5.41, 5.74) is 3.12. The summed E-state index contributed by atoms with van der Waals surface area (Å²) in [6.45, 7) is 1.98. The van der Waals surface area contributed by atoms with Crippen LogP contribution in [0.25, 0.3) is 22.0 Å². The minimum atomic E-state index is -0.945. The van der Waals surface area contributed by atoms with Crippen LogP contribution in [0.2, 0.25) is 0 Å². The molecule has 1 amide bonds. The number of carbonyl (C=O) groups excluding carboxylic acids is 1. The molecular formula is C23H17F2N5OS. The van der Waals surface area contributed by atoms with E-state index in [4.69, 9.17) is 0 Å². The summed E-state index contributed by atoms with van der Waals surface area (Å²) in [5, 5.41) is 5.49. The van der Waals surface area contributed by atoms with E-state index in [1.54, 1.807) is 12.3 Å². The molecule has 32 heavy (non-hydrogen) atoms. The molecule has 0 saturated carbocycles. The lowest BCUT2D eigenvalue weighted by molar-refractivity contribution is 0.0952. The first kappa shape index (κ1) is 20.1. The van der Waals surface area contributed by atoms with Crippen molar-refractivity contribution in [2.45, 2.75) is 13.5 Å². The van der Waals surface area contributed by atoms with Gasteiger partial charge in [-0.3, -0.25) is 9.36 Å². The molecule has 0 spiro atoms. The maximum Gasteiger partial charge on any atom is 0.253 e. The van der Waals surface area contributed by atoms with Crippen molar-refractivity contribution in [3.05, 3.63) is 95.0 Å². The van der Waals surface area contributed by atoms with Gasteiger partial charge in [-0.05, 0) is 42.8 Å². The van der Waals surface area contributed by atoms with Crippen LogP contribution in [0.1, 0.15) is 21.7 Å². The number of nitrogens with zero attached hydrogens (tertiary/aromatic N) is 4. The average Bonchev–Trinajstić information content (AvgIpc) is 3.52. The van der Waals surface area contributed by atoms with Gasteiger partial charge in [0.15, 0.2) is 16.8 Å². The van der Waals surface area contributed by atoms with Crippen LogP contribution in [0.5, 0.6) is 0 Å². The highest BCUT2D eigenvalue weighted by Gasteiger charge is 2.19. The number of thiazole rings is 1. The van der Waals surface area contributed by atoms with Gasteiger partial charge >= 0.3 is 0 Å². The molecule has 160 valence electrons. The first-order valence-electron chi connectivity index (χ1n) is 9.79. The fourth-order valence-electron chi connectivity index (χ4n) is 3.58. The lowest BCUT2D eigenvalue weighted by Crippen LogP contribution is -2.22. The largest absolute Gasteiger partial charge is 0.348 e. The van der Waals surface area contributed by atoms with Gasteiger partial charge in [0.1, 0.15) is 11.5 Å². The van der Waals surface area contributed by atoms with E-state index in [0.29, 0.717) is 22.3 Å². The van der Waals surface area contributed by atoms with Gasteiger partial charge in [-0.2, -0.15) is 0 Å². The minimum Gasteiger partial charge on any atom is -0.348 e. The number of aryl methyl sites for hydroxylation is 1. The third-order valence-electron chi connectivity index (χ3n) is 5.13. The van der Waals surface area contributed by atoms with Gasteiger partial charge in [-0.25, -0.2) is 18.7 Å². The van der Waals surface area contributed by atoms with Crippen molar-refractivity contribution in [1.29, 1.82) is 0 Å². The molecule has 0 aliphatic carbocycles. The molecular weight excluding hydrogens is 432 g/mol. The Labute approximate surface area is 185 Å². The highest BCUT2D eigenvalue weighted by molar-refractivity contribution is 7.12. The highest BCUT2D eigenvalue weighted by atomic mass is 32.1. The van der Waals surface area contributed by atoms with Gasteiger partial charge in [0.2, 0.25) is 0 Å². The fourth-order valence-corrected chi connectivity index (χ4v) is 4.25. The van der Waals surface area contributed by atoms with Crippen LogP contribution in [0.15, 0.2) is 66.4 Å². The minimum absolute atomic E-state index is 0.0767. The Morgan fingerprint density at radius 2 is 2.03 bits per heavy atom. The van der Waals surface area contributed by atoms with Gasteiger partial charge in [0.25, 0.3) is 5.91 Å². The van der Waals surface area contributed by atoms with Crippen LogP contribution in [-0.4, -0.2) is 24.8 Å². The number of pyridine rings is 1. The molecule has 4 aromatic heterocycles. The second-order valence-electron chi connectivity index (χ2n) is 7.19. The van der Waals surface area contributed by atoms with Crippen molar-refractivity contribution >= 4 is 22.8 Å². The van der Waals surface area contributed by atoms with Crippen LogP contribution in [0, 0.1) is 18.6 Å². The Morgan fingerprint density at radius 1 is 1.16 bits per heavy atom. The van der Waals surface area contributed by atoms with E-state index in [0.717, 1.165) is 28.8 Å². The molecule has 6 nitrogen and oxygen atoms in total. The zero-order valence-corrected chi connectivity index (χ0v) is 17.7. The van der Waals surface area contributed by atoms with Crippen LogP contribution in [0.4, 0.5) is 8.78 Å². The number of hydrogen-bond donors (Lipinski definition) is 1. The molecule has 0 saturated heterocycles. The zero-order chi connectivity index (χ0) is 22.2. The maximum absolute atomic E-state index is 13.5. The van der Waals surface area contributed by atoms with E-state index in [9.17, 15) is 13.6 Å². The number of halogens is 2. The number of amides is 1. The predicted molar refractivity (Wildman–Crippen MR) is 118 cm³/mol. The van der Waals surface area contributed by atoms with E-state index in [-0.39, 0.29) is 12.5 Å². The lowest BCUT2D eigenvalue weighted by atomic mass is 10.2. The van der Waals surface area contributed by atoms with Crippen LogP contribution >= 0.6 is 11.3 Å². The fraction of sp³-hybridized carbons (Fsp3) is 0.0870. The van der Waals surface area contributed by atoms with Crippen molar-refractivity contribution in [3.63, 3.8) is 0 Å². The van der Waals surface area contributed by atoms with E-state index >= 15 is 0 Å². The maximum atomic E-state index is 13.5. The summed E-state index contributed by atoms with van der Waals surface area (Å²) in [6.07, 6.45) is 5.50. The number of imidazole rings is 1. The van der Waals surface area contributed by atoms with Crippen LogP contribution < -0.4 is 5.32 Å². The van der Waals surface area contributed by atoms with E-state index in [1.165, 1.54) is 17.4 Å². The van der Waals surface area contributed by atoms with Crippen LogP contribution in [0.3, 0.4) is 0 Å². The van der Waals surface area contributed by atoms with Gasteiger partial charge in [0, 0.05) is 30.5 Å². The molecule has 1 aromatic carbocycles. The third-order valence-corrected chi connectivity index (χ3v) is 5.90. The topological polar surface area (TPSA) is 64.2 Å². The highest BCUT2D eigenvalue weighted by Crippen LogP contribution is 2.27. The summed E-state index contributed by atoms with van der Waals surface area (Å²) in [4.78, 5) is 22.0. The Kier molecular flexibility index (Phi) is 5.02. The Balaban J connectivity index is 1.48. The van der Waals surface area contributed by atoms with Gasteiger partial charge in [-0.15, -0.1) is 11.3 Å². The van der Waals surface area contributed by atoms with Crippen molar-refractivity contribution < 1.29 is 13.6 Å². The standard InChI is InChI=1S/C23H17F2N5OS/c1-14-28-19(13-30(14)23-26-7-9-32-23)21-11-16(20-4-2-3-8-29(20)21)22(31)27-12-15-5-6-17(24)18(25)10-15/h2-11,13H,12H2,1H3,(H,27,31). The summed E-state index contributed by atoms with van der Waals surface area (Å²) in [5.74, 6) is -1.40. The molecule has 5 rings (SSSR count). The van der Waals surface area contributed by atoms with E-state index in [1.807, 2.05) is 51.9 Å². The van der Waals surface area contributed by atoms with E-state index < -0.39 is 11.6 Å². The first-order chi connectivity index (χ1) is 15.5. The summed E-state index contributed by atoms with van der Waals surface area (Å²) in [6, 6.07) is 10.9. The van der Waals surface area contributed by atoms with Crippen molar-refractivity contribution in [1.82, 2.24) is 24.3 Å². The van der Waals surface area contributed by atoms with Crippen LogP contribution in [-0.2, 0) is 6.54 Å². The van der Waals surface area contributed by atoms with Crippen molar-refractivity contribution in [3.8, 4) is 16.5 Å². The Bertz CT molecular complexity index is 1440. The Hall–Kier alpha value is -3.85. The predicted octanol–water partition coefficient (Wildman–Crippen LogP) is 4.77. The quantitative estimate of drug-likeness (QED) is 0.421. The number of rotatable bonds is 5. The second-order valence-corrected chi connectivity index (χ2v) is 8.06. The van der Waals surface area contributed by atoms with Crippen molar-refractivity contribution in [2.75, 3.05) is 0 Å². The second kappa shape index (κ2) is 8.01. The molecule has 4 heterocycles. The molecule has 5 aromatic rings. The smallest absolute Gasteiger partial charge is 0.253 e. The monoisotopic (exact) mass is 449 g/mol. The molecule has 0 radical (unpaired) electrons. The number of aromatic nitrogens is 4. The summed E-state index contributed by atoms with van der Waals surface area (Å²) >= 11 is 1.51. The van der Waals surface area contributed by atoms with E-state index in [2.05, 4.69) is 15.3 Å². The van der Waals surface area contributed by atoms with Crippen molar-refractivity contribution in [2.24, 2.45) is 0 Å². The van der Waals surface area contributed by atoms with Gasteiger partial charge < -0.3 is 9.72 Å². The average molecular weight is 449 g/mol. The molecule has 0 fully saturated rings. The zero-order valence-electron chi connectivity index (χ0n) is 16.9. The molecule has 0 unspecified atom stereocenters. The number of fused-ring (bicyclic) bond motifs is 1. The van der Waals surface area contributed by atoms with Gasteiger partial charge in [-0.1, -0.05) is 12.1 Å². The number of carbonyl (C=O) groups is 1. The lowest BCUT2D eigenvalue weighted by Gasteiger charge is -2.05. The molecule has 0 aliphatic heterocycles. The number of hydrogen-bond acceptors (Lipinski definition) is 4. The molecule has 0 aliphatic rings. The number of nitrogens with one attached hydrogen (secondary N) is 1. The molecule has 1 N–H and O–H groups in total. The Morgan fingerprint density at radius 3 is 2.81 bits per heavy atom. The summed E-state index contributed by atoms with van der Waals surface area (Å²) in [7, 11) is 0.